The van der Waals surface area contributed by atoms with Gasteiger partial charge in [0.2, 0.25) is 0 Å². The van der Waals surface area contributed by atoms with E-state index in [9.17, 15) is 4.79 Å². The van der Waals surface area contributed by atoms with Gasteiger partial charge in [0.1, 0.15) is 6.54 Å². The molecule has 0 unspecified atom stereocenters. The molecule has 0 bridgehead atoms. The Labute approximate surface area is 169 Å². The zero-order valence-electron chi connectivity index (χ0n) is 16.1. The number of hydrogen-bond acceptors (Lipinski definition) is 6. The van der Waals surface area contributed by atoms with Gasteiger partial charge in [-0.3, -0.25) is 4.79 Å². The van der Waals surface area contributed by atoms with Crippen molar-refractivity contribution >= 4 is 5.78 Å². The van der Waals surface area contributed by atoms with E-state index in [4.69, 9.17) is 16.2 Å². The quantitative estimate of drug-likeness (QED) is 0.598. The van der Waals surface area contributed by atoms with E-state index in [-0.39, 0.29) is 30.5 Å². The molecule has 1 aromatic heterocycles. The number of hydrogen-bond donors (Lipinski definition) is 2. The maximum atomic E-state index is 12.7. The second-order valence-electron chi connectivity index (χ2n) is 7.49. The van der Waals surface area contributed by atoms with Gasteiger partial charge in [0.05, 0.1) is 24.6 Å². The number of aromatic nitrogens is 3. The van der Waals surface area contributed by atoms with Gasteiger partial charge in [-0.2, -0.15) is 0 Å². The Kier molecular flexibility index (Phi) is 5.80. The van der Waals surface area contributed by atoms with E-state index in [1.165, 1.54) is 0 Å². The number of Topliss-reactive ketones (excluding diaryl/α,β-unsaturated/α-hetero) is 1. The molecule has 150 valence electrons. The number of carbonyl (C=O) groups is 1. The van der Waals surface area contributed by atoms with Crippen LogP contribution in [0.3, 0.4) is 0 Å². The molecule has 1 aliphatic rings. The summed E-state index contributed by atoms with van der Waals surface area (Å²) in [5, 5.41) is 7.96. The van der Waals surface area contributed by atoms with E-state index in [0.29, 0.717) is 12.2 Å². The number of nitrogens with two attached hydrogens (primary N) is 2. The highest BCUT2D eigenvalue weighted by Crippen LogP contribution is 2.21. The van der Waals surface area contributed by atoms with E-state index in [1.54, 1.807) is 10.9 Å². The third kappa shape index (κ3) is 4.59. The monoisotopic (exact) mass is 391 g/mol. The van der Waals surface area contributed by atoms with Gasteiger partial charge in [0.25, 0.3) is 0 Å². The average Bonchev–Trinajstić information content (AvgIpc) is 3.32. The molecule has 1 heterocycles. The number of rotatable bonds is 7. The summed E-state index contributed by atoms with van der Waals surface area (Å²) in [5.74, 6) is -0.0315. The second kappa shape index (κ2) is 8.65. The van der Waals surface area contributed by atoms with Gasteiger partial charge in [-0.25, -0.2) is 4.68 Å². The van der Waals surface area contributed by atoms with E-state index in [0.717, 1.165) is 29.7 Å². The van der Waals surface area contributed by atoms with Gasteiger partial charge in [-0.05, 0) is 24.0 Å². The van der Waals surface area contributed by atoms with E-state index >= 15 is 0 Å². The minimum atomic E-state index is -0.0745. The fraction of sp³-hybridized carbons (Fsp3) is 0.318. The molecule has 2 aromatic carbocycles. The minimum Gasteiger partial charge on any atom is -0.370 e. The van der Waals surface area contributed by atoms with Crippen LogP contribution >= 0.6 is 0 Å². The Hall–Kier alpha value is -2.87. The first-order valence-corrected chi connectivity index (χ1v) is 9.79. The summed E-state index contributed by atoms with van der Waals surface area (Å²) in [6.07, 6.45) is 3.05. The van der Waals surface area contributed by atoms with Gasteiger partial charge >= 0.3 is 0 Å². The van der Waals surface area contributed by atoms with Crippen LogP contribution in [-0.2, 0) is 17.9 Å². The predicted octanol–water partition coefficient (Wildman–Crippen LogP) is 2.16. The smallest absolute Gasteiger partial charge is 0.184 e. The fourth-order valence-electron chi connectivity index (χ4n) is 3.69. The summed E-state index contributed by atoms with van der Waals surface area (Å²) in [5.41, 5.74) is 15.6. The lowest BCUT2D eigenvalue weighted by molar-refractivity contribution is 0.0312. The molecular weight excluding hydrogens is 366 g/mol. The Morgan fingerprint density at radius 3 is 2.45 bits per heavy atom. The summed E-state index contributed by atoms with van der Waals surface area (Å²) in [4.78, 5) is 12.7. The minimum absolute atomic E-state index is 0.0315. The number of ether oxygens (including phenoxy) is 1. The highest BCUT2D eigenvalue weighted by Gasteiger charge is 2.30. The molecule has 0 aliphatic heterocycles. The van der Waals surface area contributed by atoms with Crippen LogP contribution in [-0.4, -0.2) is 39.0 Å². The zero-order chi connectivity index (χ0) is 20.2. The van der Waals surface area contributed by atoms with Crippen molar-refractivity contribution in [3.05, 3.63) is 72.1 Å². The first-order valence-electron chi connectivity index (χ1n) is 9.79. The summed E-state index contributed by atoms with van der Waals surface area (Å²) in [6, 6.07) is 17.7. The number of benzene rings is 2. The molecule has 3 atom stereocenters. The first kappa shape index (κ1) is 19.4. The largest absolute Gasteiger partial charge is 0.370 e. The first-order chi connectivity index (χ1) is 14.1. The summed E-state index contributed by atoms with van der Waals surface area (Å²) in [6.45, 7) is 0.415. The lowest BCUT2D eigenvalue weighted by Gasteiger charge is -2.16. The van der Waals surface area contributed by atoms with Crippen molar-refractivity contribution in [3.8, 4) is 11.1 Å². The third-order valence-corrected chi connectivity index (χ3v) is 5.34. The second-order valence-corrected chi connectivity index (χ2v) is 7.49. The summed E-state index contributed by atoms with van der Waals surface area (Å²) < 4.78 is 7.48. The van der Waals surface area contributed by atoms with Gasteiger partial charge < -0.3 is 16.2 Å². The highest BCUT2D eigenvalue weighted by atomic mass is 16.5. The maximum Gasteiger partial charge on any atom is 0.184 e. The van der Waals surface area contributed by atoms with Crippen molar-refractivity contribution in [3.63, 3.8) is 0 Å². The molecule has 0 spiro atoms. The van der Waals surface area contributed by atoms with Crippen molar-refractivity contribution in [1.82, 2.24) is 15.0 Å². The molecule has 4 N–H and O–H groups in total. The molecule has 0 amide bonds. The van der Waals surface area contributed by atoms with E-state index in [1.807, 2.05) is 54.6 Å². The van der Waals surface area contributed by atoms with Gasteiger partial charge in [-0.15, -0.1) is 5.10 Å². The van der Waals surface area contributed by atoms with Crippen LogP contribution in [0.2, 0.25) is 0 Å². The molecule has 0 radical (unpaired) electrons. The standard InChI is InChI=1S/C22H25N5O2/c23-18-10-20(24)22(11-18)29-14-19-12-25-26-27(19)13-21(28)17-8-6-16(7-9-17)15-4-2-1-3-5-15/h1-9,12,18,20,22H,10-11,13-14,23-24H2/t18-,20+,22+/m0/s1. The molecule has 7 heteroatoms. The lowest BCUT2D eigenvalue weighted by atomic mass is 10.0. The Morgan fingerprint density at radius 1 is 1.03 bits per heavy atom. The van der Waals surface area contributed by atoms with Gasteiger partial charge in [0, 0.05) is 17.6 Å². The normalized spacial score (nSPS) is 21.4. The predicted molar refractivity (Wildman–Crippen MR) is 110 cm³/mol. The molecule has 3 aromatic rings. The van der Waals surface area contributed by atoms with Crippen LogP contribution in [0.25, 0.3) is 11.1 Å². The Morgan fingerprint density at radius 2 is 1.76 bits per heavy atom. The molecule has 29 heavy (non-hydrogen) atoms. The van der Waals surface area contributed by atoms with Crippen molar-refractivity contribution in [2.45, 2.75) is 44.2 Å². The molecular formula is C22H25N5O2. The lowest BCUT2D eigenvalue weighted by Crippen LogP contribution is -2.31. The molecule has 0 saturated heterocycles. The Bertz CT molecular complexity index is 955. The van der Waals surface area contributed by atoms with Crippen LogP contribution in [0, 0.1) is 0 Å². The van der Waals surface area contributed by atoms with Crippen molar-refractivity contribution in [1.29, 1.82) is 0 Å². The summed E-state index contributed by atoms with van der Waals surface area (Å²) >= 11 is 0. The fourth-order valence-corrected chi connectivity index (χ4v) is 3.69. The zero-order valence-corrected chi connectivity index (χ0v) is 16.1. The van der Waals surface area contributed by atoms with Crippen molar-refractivity contribution in [2.24, 2.45) is 11.5 Å². The van der Waals surface area contributed by atoms with Crippen LogP contribution in [0.4, 0.5) is 0 Å². The molecule has 4 rings (SSSR count). The van der Waals surface area contributed by atoms with Crippen LogP contribution < -0.4 is 11.5 Å². The SMILES string of the molecule is N[C@H]1C[C@@H](N)[C@H](OCc2cnnn2CC(=O)c2ccc(-c3ccccc3)cc2)C1. The number of carbonyl (C=O) groups excluding carboxylic acids is 1. The number of nitrogens with zero attached hydrogens (tertiary/aromatic N) is 3. The third-order valence-electron chi connectivity index (χ3n) is 5.34. The van der Waals surface area contributed by atoms with Gasteiger partial charge in [-0.1, -0.05) is 59.8 Å². The highest BCUT2D eigenvalue weighted by molar-refractivity contribution is 5.96. The van der Waals surface area contributed by atoms with E-state index in [2.05, 4.69) is 10.3 Å². The van der Waals surface area contributed by atoms with Crippen LogP contribution in [0.1, 0.15) is 28.9 Å². The molecule has 1 fully saturated rings. The maximum absolute atomic E-state index is 12.7. The van der Waals surface area contributed by atoms with Gasteiger partial charge in [0.15, 0.2) is 5.78 Å². The number of ketones is 1. The summed E-state index contributed by atoms with van der Waals surface area (Å²) in [7, 11) is 0. The topological polar surface area (TPSA) is 109 Å². The van der Waals surface area contributed by atoms with Crippen LogP contribution in [0.15, 0.2) is 60.8 Å². The molecule has 7 nitrogen and oxygen atoms in total. The van der Waals surface area contributed by atoms with Crippen molar-refractivity contribution < 1.29 is 9.53 Å². The van der Waals surface area contributed by atoms with Crippen molar-refractivity contribution in [2.75, 3.05) is 0 Å². The molecule has 1 aliphatic carbocycles. The van der Waals surface area contributed by atoms with E-state index < -0.39 is 0 Å². The average molecular weight is 391 g/mol. The molecule has 1 saturated carbocycles. The van der Waals surface area contributed by atoms with Crippen LogP contribution in [0.5, 0.6) is 0 Å². The Balaban J connectivity index is 1.38.